The summed E-state index contributed by atoms with van der Waals surface area (Å²) in [5, 5.41) is 3.44. The predicted molar refractivity (Wildman–Crippen MR) is 102 cm³/mol. The number of likely N-dealkylation sites (tertiary alicyclic amines) is 1. The van der Waals surface area contributed by atoms with E-state index >= 15 is 0 Å². The van der Waals surface area contributed by atoms with Crippen LogP contribution in [0.3, 0.4) is 0 Å². The summed E-state index contributed by atoms with van der Waals surface area (Å²) in [6, 6.07) is 0. The van der Waals surface area contributed by atoms with Crippen LogP contribution in [0.2, 0.25) is 0 Å². The Morgan fingerprint density at radius 2 is 2.19 bits per heavy atom. The van der Waals surface area contributed by atoms with Crippen molar-refractivity contribution in [2.24, 2.45) is 16.6 Å². The van der Waals surface area contributed by atoms with E-state index in [4.69, 9.17) is 5.73 Å². The van der Waals surface area contributed by atoms with Crippen LogP contribution in [0.1, 0.15) is 33.1 Å². The Morgan fingerprint density at radius 3 is 2.71 bits per heavy atom. The number of rotatable bonds is 5. The first kappa shape index (κ1) is 20.8. The van der Waals surface area contributed by atoms with Crippen molar-refractivity contribution in [2.75, 3.05) is 32.9 Å². The van der Waals surface area contributed by atoms with E-state index in [1.54, 1.807) is 0 Å². The highest BCUT2D eigenvalue weighted by atomic mass is 127. The molecule has 21 heavy (non-hydrogen) atoms. The molecule has 1 atom stereocenters. The molecule has 0 aromatic heterocycles. The monoisotopic (exact) mass is 428 g/mol. The summed E-state index contributed by atoms with van der Waals surface area (Å²) in [6.07, 6.45) is 4.76. The lowest BCUT2D eigenvalue weighted by molar-refractivity contribution is -0.119. The number of nitrogens with one attached hydrogen (secondary N) is 1. The van der Waals surface area contributed by atoms with E-state index in [2.05, 4.69) is 35.3 Å². The molecule has 1 aliphatic rings. The molecule has 0 spiro atoms. The third-order valence-corrected chi connectivity index (χ3v) is 4.99. The smallest absolute Gasteiger partial charge is 0.217 e. The molecule has 0 saturated carbocycles. The van der Waals surface area contributed by atoms with E-state index < -0.39 is 0 Å². The van der Waals surface area contributed by atoms with Gasteiger partial charge >= 0.3 is 0 Å². The average molecular weight is 428 g/mol. The molecular weight excluding hydrogens is 399 g/mol. The maximum Gasteiger partial charge on any atom is 0.217 e. The van der Waals surface area contributed by atoms with Gasteiger partial charge in [-0.15, -0.1) is 24.0 Å². The minimum Gasteiger partial charge on any atom is -0.370 e. The van der Waals surface area contributed by atoms with Crippen molar-refractivity contribution < 1.29 is 4.79 Å². The fourth-order valence-corrected chi connectivity index (χ4v) is 2.62. The van der Waals surface area contributed by atoms with Gasteiger partial charge in [-0.25, -0.2) is 0 Å². The van der Waals surface area contributed by atoms with Gasteiger partial charge in [-0.05, 0) is 38.9 Å². The zero-order valence-electron chi connectivity index (χ0n) is 13.5. The minimum absolute atomic E-state index is 0. The van der Waals surface area contributed by atoms with Crippen molar-refractivity contribution in [1.29, 1.82) is 0 Å². The molecule has 1 amide bonds. The SMILES string of the molecule is CN=C(NCC(C)(C)SC)N1CCCC(CC(N)=O)C1.I. The van der Waals surface area contributed by atoms with Gasteiger partial charge in [0.2, 0.25) is 5.91 Å². The van der Waals surface area contributed by atoms with E-state index in [9.17, 15) is 4.79 Å². The number of hydrogen-bond donors (Lipinski definition) is 2. The molecule has 7 heteroatoms. The molecule has 1 saturated heterocycles. The Balaban J connectivity index is 0.00000400. The summed E-state index contributed by atoms with van der Waals surface area (Å²) in [7, 11) is 1.81. The van der Waals surface area contributed by atoms with Gasteiger partial charge in [-0.3, -0.25) is 9.79 Å². The normalized spacial score (nSPS) is 19.9. The Labute approximate surface area is 149 Å². The first-order valence-corrected chi connectivity index (χ1v) is 8.39. The Kier molecular flexibility index (Phi) is 9.68. The summed E-state index contributed by atoms with van der Waals surface area (Å²) in [6.45, 7) is 7.16. The van der Waals surface area contributed by atoms with Gasteiger partial charge in [0.25, 0.3) is 0 Å². The highest BCUT2D eigenvalue weighted by Gasteiger charge is 2.24. The van der Waals surface area contributed by atoms with E-state index in [0.717, 1.165) is 38.4 Å². The Hall–Kier alpha value is -0.180. The quantitative estimate of drug-likeness (QED) is 0.399. The second-order valence-electron chi connectivity index (χ2n) is 5.99. The number of amides is 1. The third kappa shape index (κ3) is 7.58. The summed E-state index contributed by atoms with van der Waals surface area (Å²) < 4.78 is 0.179. The van der Waals surface area contributed by atoms with Gasteiger partial charge in [0.05, 0.1) is 0 Å². The fourth-order valence-electron chi connectivity index (χ4n) is 2.40. The summed E-state index contributed by atoms with van der Waals surface area (Å²) in [5.41, 5.74) is 5.31. The highest BCUT2D eigenvalue weighted by molar-refractivity contribution is 14.0. The minimum atomic E-state index is -0.205. The lowest BCUT2D eigenvalue weighted by Gasteiger charge is -2.35. The summed E-state index contributed by atoms with van der Waals surface area (Å²) in [4.78, 5) is 17.7. The topological polar surface area (TPSA) is 70.7 Å². The molecule has 1 heterocycles. The maximum atomic E-state index is 11.1. The molecule has 1 rings (SSSR count). The van der Waals surface area contributed by atoms with Crippen molar-refractivity contribution >= 4 is 47.6 Å². The number of primary amides is 1. The van der Waals surface area contributed by atoms with E-state index in [1.807, 2.05) is 18.8 Å². The molecule has 5 nitrogen and oxygen atoms in total. The molecular formula is C14H29IN4OS. The molecule has 1 fully saturated rings. The number of nitrogens with two attached hydrogens (primary N) is 1. The highest BCUT2D eigenvalue weighted by Crippen LogP contribution is 2.21. The van der Waals surface area contributed by atoms with Crippen LogP contribution in [-0.2, 0) is 4.79 Å². The molecule has 0 bridgehead atoms. The van der Waals surface area contributed by atoms with Crippen LogP contribution in [0.4, 0.5) is 0 Å². The lowest BCUT2D eigenvalue weighted by atomic mass is 9.95. The van der Waals surface area contributed by atoms with Gasteiger partial charge in [-0.2, -0.15) is 11.8 Å². The second kappa shape index (κ2) is 9.76. The fraction of sp³-hybridized carbons (Fsp3) is 0.857. The van der Waals surface area contributed by atoms with Crippen molar-refractivity contribution in [1.82, 2.24) is 10.2 Å². The zero-order valence-corrected chi connectivity index (χ0v) is 16.7. The molecule has 1 aliphatic heterocycles. The van der Waals surface area contributed by atoms with Gasteiger partial charge in [0.15, 0.2) is 5.96 Å². The van der Waals surface area contributed by atoms with Gasteiger partial charge in [0.1, 0.15) is 0 Å². The molecule has 1 unspecified atom stereocenters. The lowest BCUT2D eigenvalue weighted by Crippen LogP contribution is -2.49. The molecule has 3 N–H and O–H groups in total. The van der Waals surface area contributed by atoms with Crippen LogP contribution < -0.4 is 11.1 Å². The number of nitrogens with zero attached hydrogens (tertiary/aromatic N) is 2. The van der Waals surface area contributed by atoms with Crippen LogP contribution in [0.25, 0.3) is 0 Å². The van der Waals surface area contributed by atoms with Crippen molar-refractivity contribution in [3.8, 4) is 0 Å². The number of aliphatic imine (C=N–C) groups is 1. The van der Waals surface area contributed by atoms with Crippen LogP contribution in [-0.4, -0.2) is 54.5 Å². The zero-order chi connectivity index (χ0) is 15.2. The van der Waals surface area contributed by atoms with Crippen LogP contribution in [0.5, 0.6) is 0 Å². The molecule has 124 valence electrons. The first-order valence-electron chi connectivity index (χ1n) is 7.17. The number of carbonyl (C=O) groups is 1. The van der Waals surface area contributed by atoms with Crippen LogP contribution >= 0.6 is 35.7 Å². The second-order valence-corrected chi connectivity index (χ2v) is 7.50. The van der Waals surface area contributed by atoms with Crippen molar-refractivity contribution in [3.05, 3.63) is 0 Å². The number of piperidine rings is 1. The van der Waals surface area contributed by atoms with E-state index in [0.29, 0.717) is 12.3 Å². The largest absolute Gasteiger partial charge is 0.370 e. The van der Waals surface area contributed by atoms with Gasteiger partial charge in [-0.1, -0.05) is 0 Å². The van der Waals surface area contributed by atoms with E-state index in [1.165, 1.54) is 0 Å². The van der Waals surface area contributed by atoms with Gasteiger partial charge in [0, 0.05) is 37.8 Å². The average Bonchev–Trinajstić information content (AvgIpc) is 2.39. The number of guanidine groups is 1. The number of hydrogen-bond acceptors (Lipinski definition) is 3. The van der Waals surface area contributed by atoms with Gasteiger partial charge < -0.3 is 16.0 Å². The molecule has 0 aliphatic carbocycles. The number of thioether (sulfide) groups is 1. The number of carbonyl (C=O) groups excluding carboxylic acids is 1. The number of halogens is 1. The predicted octanol–water partition coefficient (Wildman–Crippen LogP) is 1.91. The summed E-state index contributed by atoms with van der Waals surface area (Å²) >= 11 is 1.84. The standard InChI is InChI=1S/C14H28N4OS.HI/c1-14(2,20-4)10-17-13(16-3)18-7-5-6-11(9-18)8-12(15)19;/h11H,5-10H2,1-4H3,(H2,15,19)(H,16,17);1H. The van der Waals surface area contributed by atoms with Crippen LogP contribution in [0, 0.1) is 5.92 Å². The van der Waals surface area contributed by atoms with Crippen molar-refractivity contribution in [3.63, 3.8) is 0 Å². The van der Waals surface area contributed by atoms with Crippen LogP contribution in [0.15, 0.2) is 4.99 Å². The molecule has 0 aromatic rings. The Morgan fingerprint density at radius 1 is 1.52 bits per heavy atom. The molecule has 0 radical (unpaired) electrons. The third-order valence-electron chi connectivity index (χ3n) is 3.74. The van der Waals surface area contributed by atoms with Crippen molar-refractivity contribution in [2.45, 2.75) is 37.9 Å². The first-order chi connectivity index (χ1) is 9.38. The van der Waals surface area contributed by atoms with E-state index in [-0.39, 0.29) is 34.6 Å². The Bertz CT molecular complexity index is 363. The molecule has 0 aromatic carbocycles. The summed E-state index contributed by atoms with van der Waals surface area (Å²) in [5.74, 6) is 1.08. The maximum absolute atomic E-state index is 11.1.